The van der Waals surface area contributed by atoms with Crippen molar-refractivity contribution >= 4 is 23.6 Å². The highest BCUT2D eigenvalue weighted by molar-refractivity contribution is 6.02. The van der Waals surface area contributed by atoms with Crippen LogP contribution in [0.2, 0.25) is 0 Å². The molecular weight excluding hydrogens is 392 g/mol. The molecule has 0 aliphatic carbocycles. The highest BCUT2D eigenvalue weighted by Gasteiger charge is 2.25. The summed E-state index contributed by atoms with van der Waals surface area (Å²) in [5, 5.41) is 4.82. The number of imide groups is 1. The summed E-state index contributed by atoms with van der Waals surface area (Å²) in [6.45, 7) is 3.25. The van der Waals surface area contributed by atoms with Gasteiger partial charge in [-0.05, 0) is 42.2 Å². The second kappa shape index (κ2) is 10.2. The van der Waals surface area contributed by atoms with Crippen molar-refractivity contribution in [3.63, 3.8) is 0 Å². The highest BCUT2D eigenvalue weighted by Crippen LogP contribution is 2.26. The predicted octanol–water partition coefficient (Wildman–Crippen LogP) is 4.33. The Bertz CT molecular complexity index is 1030. The number of benzene rings is 3. The lowest BCUT2D eigenvalue weighted by molar-refractivity contribution is -0.148. The molecule has 0 atom stereocenters. The van der Waals surface area contributed by atoms with Crippen LogP contribution in [0.15, 0.2) is 78.9 Å². The zero-order chi connectivity index (χ0) is 22.2. The second-order valence-corrected chi connectivity index (χ2v) is 7.11. The van der Waals surface area contributed by atoms with E-state index in [1.165, 1.54) is 0 Å². The van der Waals surface area contributed by atoms with Gasteiger partial charge in [-0.3, -0.25) is 14.9 Å². The number of esters is 1. The molecule has 158 valence electrons. The summed E-state index contributed by atoms with van der Waals surface area (Å²) in [6.07, 6.45) is 0. The largest absolute Gasteiger partial charge is 0.455 e. The zero-order valence-electron chi connectivity index (χ0n) is 17.4. The number of aryl methyl sites for hydroxylation is 1. The van der Waals surface area contributed by atoms with Crippen LogP contribution in [0.5, 0.6) is 0 Å². The molecule has 6 nitrogen and oxygen atoms in total. The lowest BCUT2D eigenvalue weighted by atomic mass is 9.91. The van der Waals surface area contributed by atoms with Gasteiger partial charge in [0.25, 0.3) is 5.91 Å². The Balaban J connectivity index is 1.61. The van der Waals surface area contributed by atoms with Gasteiger partial charge in [0.1, 0.15) is 5.92 Å². The summed E-state index contributed by atoms with van der Waals surface area (Å²) in [6, 6.07) is 23.2. The molecule has 0 radical (unpaired) electrons. The molecule has 0 aliphatic heterocycles. The van der Waals surface area contributed by atoms with Crippen LogP contribution in [0, 0.1) is 13.8 Å². The topological polar surface area (TPSA) is 84.5 Å². The van der Waals surface area contributed by atoms with Gasteiger partial charge in [0.05, 0.1) is 0 Å². The fourth-order valence-electron chi connectivity index (χ4n) is 3.18. The average molecular weight is 416 g/mol. The second-order valence-electron chi connectivity index (χ2n) is 7.11. The smallest absolute Gasteiger partial charge is 0.325 e. The maximum absolute atomic E-state index is 12.8. The van der Waals surface area contributed by atoms with E-state index >= 15 is 0 Å². The van der Waals surface area contributed by atoms with Crippen LogP contribution in [0.1, 0.15) is 28.2 Å². The molecule has 3 aromatic rings. The van der Waals surface area contributed by atoms with Crippen molar-refractivity contribution in [1.82, 2.24) is 5.32 Å². The van der Waals surface area contributed by atoms with Gasteiger partial charge in [-0.1, -0.05) is 72.8 Å². The maximum atomic E-state index is 12.8. The first kappa shape index (κ1) is 21.8. The number of ether oxygens (including phenoxy) is 1. The van der Waals surface area contributed by atoms with Crippen molar-refractivity contribution in [2.24, 2.45) is 0 Å². The number of hydrogen-bond acceptors (Lipinski definition) is 4. The van der Waals surface area contributed by atoms with Gasteiger partial charge in [0.15, 0.2) is 6.61 Å². The van der Waals surface area contributed by atoms with Gasteiger partial charge in [0, 0.05) is 5.69 Å². The Morgan fingerprint density at radius 1 is 0.806 bits per heavy atom. The summed E-state index contributed by atoms with van der Waals surface area (Å²) in [7, 11) is 0. The van der Waals surface area contributed by atoms with Crippen molar-refractivity contribution < 1.29 is 19.1 Å². The number of hydrogen-bond donors (Lipinski definition) is 2. The molecule has 6 heteroatoms. The van der Waals surface area contributed by atoms with Crippen molar-refractivity contribution in [3.05, 3.63) is 101 Å². The van der Waals surface area contributed by atoms with Crippen molar-refractivity contribution in [2.45, 2.75) is 19.8 Å². The number of carbonyl (C=O) groups is 3. The van der Waals surface area contributed by atoms with Crippen LogP contribution in [-0.2, 0) is 14.3 Å². The van der Waals surface area contributed by atoms with Crippen molar-refractivity contribution in [2.75, 3.05) is 11.9 Å². The van der Waals surface area contributed by atoms with Gasteiger partial charge in [-0.25, -0.2) is 4.79 Å². The fraction of sp³-hybridized carbons (Fsp3) is 0.160. The number of anilines is 1. The fourth-order valence-corrected chi connectivity index (χ4v) is 3.18. The van der Waals surface area contributed by atoms with Crippen LogP contribution in [0.4, 0.5) is 10.5 Å². The van der Waals surface area contributed by atoms with Crippen molar-refractivity contribution in [3.8, 4) is 0 Å². The third kappa shape index (κ3) is 5.79. The molecule has 0 saturated carbocycles. The van der Waals surface area contributed by atoms with E-state index in [9.17, 15) is 14.4 Å². The van der Waals surface area contributed by atoms with E-state index in [-0.39, 0.29) is 0 Å². The Morgan fingerprint density at radius 3 is 1.97 bits per heavy atom. The highest BCUT2D eigenvalue weighted by atomic mass is 16.5. The summed E-state index contributed by atoms with van der Waals surface area (Å²) in [5.41, 5.74) is 4.05. The summed E-state index contributed by atoms with van der Waals surface area (Å²) in [4.78, 5) is 37.1. The minimum absolute atomic E-state index is 0.560. The molecule has 3 amide bonds. The summed E-state index contributed by atoms with van der Waals surface area (Å²) in [5.74, 6) is -1.95. The van der Waals surface area contributed by atoms with E-state index in [1.54, 1.807) is 6.07 Å². The molecule has 0 heterocycles. The van der Waals surface area contributed by atoms with Crippen LogP contribution >= 0.6 is 0 Å². The number of amides is 3. The molecule has 31 heavy (non-hydrogen) atoms. The molecule has 3 aromatic carbocycles. The first-order valence-corrected chi connectivity index (χ1v) is 9.89. The van der Waals surface area contributed by atoms with Crippen LogP contribution in [0.3, 0.4) is 0 Å². The summed E-state index contributed by atoms with van der Waals surface area (Å²) >= 11 is 0. The average Bonchev–Trinajstić information content (AvgIpc) is 2.77. The first-order chi connectivity index (χ1) is 15.0. The number of carbonyl (C=O) groups excluding carboxylic acids is 3. The van der Waals surface area contributed by atoms with E-state index in [4.69, 9.17) is 4.74 Å². The van der Waals surface area contributed by atoms with Gasteiger partial charge in [0.2, 0.25) is 0 Å². The Hall–Kier alpha value is -3.93. The number of urea groups is 1. The van der Waals surface area contributed by atoms with Gasteiger partial charge >= 0.3 is 12.0 Å². The van der Waals surface area contributed by atoms with Crippen molar-refractivity contribution in [1.29, 1.82) is 0 Å². The van der Waals surface area contributed by atoms with E-state index < -0.39 is 30.4 Å². The maximum Gasteiger partial charge on any atom is 0.325 e. The first-order valence-electron chi connectivity index (χ1n) is 9.89. The summed E-state index contributed by atoms with van der Waals surface area (Å²) < 4.78 is 5.24. The lowest BCUT2D eigenvalue weighted by Crippen LogP contribution is -2.37. The molecule has 2 N–H and O–H groups in total. The monoisotopic (exact) mass is 416 g/mol. The third-order valence-corrected chi connectivity index (χ3v) is 4.95. The van der Waals surface area contributed by atoms with E-state index in [2.05, 4.69) is 10.6 Å². The molecule has 0 aliphatic rings. The zero-order valence-corrected chi connectivity index (χ0v) is 17.4. The SMILES string of the molecule is Cc1cccc(NC(=O)NC(=O)COC(=O)C(c2ccccc2)c2ccccc2)c1C. The number of nitrogens with one attached hydrogen (secondary N) is 2. The van der Waals surface area contributed by atoms with Crippen LogP contribution in [-0.4, -0.2) is 24.5 Å². The van der Waals surface area contributed by atoms with E-state index in [0.717, 1.165) is 22.3 Å². The van der Waals surface area contributed by atoms with Gasteiger partial charge in [-0.2, -0.15) is 0 Å². The molecule has 0 saturated heterocycles. The minimum atomic E-state index is -0.712. The minimum Gasteiger partial charge on any atom is -0.455 e. The quantitative estimate of drug-likeness (QED) is 0.586. The van der Waals surface area contributed by atoms with E-state index in [1.807, 2.05) is 86.6 Å². The van der Waals surface area contributed by atoms with E-state index in [0.29, 0.717) is 5.69 Å². The molecule has 0 bridgehead atoms. The molecule has 0 spiro atoms. The molecule has 3 rings (SSSR count). The van der Waals surface area contributed by atoms with Gasteiger partial charge < -0.3 is 10.1 Å². The van der Waals surface area contributed by atoms with Crippen LogP contribution in [0.25, 0.3) is 0 Å². The molecule has 0 aromatic heterocycles. The third-order valence-electron chi connectivity index (χ3n) is 4.95. The molecular formula is C25H24N2O4. The normalized spacial score (nSPS) is 10.4. The standard InChI is InChI=1S/C25H24N2O4/c1-17-10-9-15-21(18(17)2)26-25(30)27-22(28)16-31-24(29)23(19-11-5-3-6-12-19)20-13-7-4-8-14-20/h3-15,23H,16H2,1-2H3,(H2,26,27,28,30). The Morgan fingerprint density at radius 2 is 1.39 bits per heavy atom. The Kier molecular flexibility index (Phi) is 7.17. The van der Waals surface area contributed by atoms with Crippen LogP contribution < -0.4 is 10.6 Å². The molecule has 0 fully saturated rings. The van der Waals surface area contributed by atoms with Gasteiger partial charge in [-0.15, -0.1) is 0 Å². The molecule has 0 unspecified atom stereocenters. The number of rotatable bonds is 6. The Labute approximate surface area is 181 Å². The lowest BCUT2D eigenvalue weighted by Gasteiger charge is -2.17. The predicted molar refractivity (Wildman–Crippen MR) is 119 cm³/mol.